The largest absolute Gasteiger partial charge is 0.398 e. The third kappa shape index (κ3) is 7.05. The zero-order valence-corrected chi connectivity index (χ0v) is 22.5. The molecular weight excluding hydrogens is 496 g/mol. The van der Waals surface area contributed by atoms with Crippen LogP contribution >= 0.6 is 11.3 Å². The number of amides is 2. The Morgan fingerprint density at radius 2 is 1.75 bits per heavy atom. The third-order valence-electron chi connectivity index (χ3n) is 5.78. The first-order valence-electron chi connectivity index (χ1n) is 12.0. The molecule has 1 atom stereocenters. The van der Waals surface area contributed by atoms with Gasteiger partial charge in [0.25, 0.3) is 5.91 Å². The van der Waals surface area contributed by atoms with Gasteiger partial charge in [0.2, 0.25) is 15.9 Å². The molecule has 0 fully saturated rings. The highest BCUT2D eigenvalue weighted by Gasteiger charge is 2.24. The van der Waals surface area contributed by atoms with E-state index in [1.54, 1.807) is 18.2 Å². The standard InChI is InChI=1S/C26H34N4O4S2/c1-18(2)16-21(29-26(32)23-17-19-10-4-6-12-22(19)35-23)25(31)28-14-8-9-15-30(3)36(33,34)24-13-7-5-11-20(24)27/h4-7,10-13,17-18,21H,8-9,14-16,27H2,1-3H3,(H,28,31)(H,29,32)/t21-/m0/s1. The number of nitrogens with one attached hydrogen (secondary N) is 2. The summed E-state index contributed by atoms with van der Waals surface area (Å²) in [5.41, 5.74) is 6.04. The predicted octanol–water partition coefficient (Wildman–Crippen LogP) is 3.85. The van der Waals surface area contributed by atoms with Crippen molar-refractivity contribution in [1.82, 2.24) is 14.9 Å². The maximum absolute atomic E-state index is 12.9. The van der Waals surface area contributed by atoms with Gasteiger partial charge in [0, 0.05) is 24.8 Å². The van der Waals surface area contributed by atoms with Crippen LogP contribution in [0.3, 0.4) is 0 Å². The van der Waals surface area contributed by atoms with Crippen molar-refractivity contribution in [3.63, 3.8) is 0 Å². The molecule has 0 saturated carbocycles. The summed E-state index contributed by atoms with van der Waals surface area (Å²) in [6.07, 6.45) is 1.67. The second-order valence-electron chi connectivity index (χ2n) is 9.17. The fourth-order valence-corrected chi connectivity index (χ4v) is 6.11. The van der Waals surface area contributed by atoms with Crippen molar-refractivity contribution in [3.05, 3.63) is 59.5 Å². The van der Waals surface area contributed by atoms with Crippen molar-refractivity contribution in [3.8, 4) is 0 Å². The van der Waals surface area contributed by atoms with Crippen molar-refractivity contribution < 1.29 is 18.0 Å². The Morgan fingerprint density at radius 1 is 1.06 bits per heavy atom. The van der Waals surface area contributed by atoms with Gasteiger partial charge >= 0.3 is 0 Å². The smallest absolute Gasteiger partial charge is 0.262 e. The summed E-state index contributed by atoms with van der Waals surface area (Å²) >= 11 is 1.40. The highest BCUT2D eigenvalue weighted by atomic mass is 32.2. The van der Waals surface area contributed by atoms with Crippen LogP contribution in [0, 0.1) is 5.92 Å². The van der Waals surface area contributed by atoms with Crippen LogP contribution in [-0.2, 0) is 14.8 Å². The summed E-state index contributed by atoms with van der Waals surface area (Å²) in [6, 6.07) is 15.3. The molecule has 194 valence electrons. The molecule has 0 unspecified atom stereocenters. The first-order valence-corrected chi connectivity index (χ1v) is 14.2. The summed E-state index contributed by atoms with van der Waals surface area (Å²) in [4.78, 5) is 26.4. The summed E-state index contributed by atoms with van der Waals surface area (Å²) < 4.78 is 27.8. The number of fused-ring (bicyclic) bond motifs is 1. The van der Waals surface area contributed by atoms with Gasteiger partial charge in [0.05, 0.1) is 10.6 Å². The number of para-hydroxylation sites is 1. The second-order valence-corrected chi connectivity index (χ2v) is 12.3. The van der Waals surface area contributed by atoms with Crippen molar-refractivity contribution >= 4 is 48.9 Å². The van der Waals surface area contributed by atoms with E-state index in [4.69, 9.17) is 5.73 Å². The molecule has 10 heteroatoms. The Kier molecular flexibility index (Phi) is 9.47. The molecule has 0 aliphatic carbocycles. The number of nitrogens with zero attached hydrogens (tertiary/aromatic N) is 1. The van der Waals surface area contributed by atoms with E-state index in [-0.39, 0.29) is 28.3 Å². The van der Waals surface area contributed by atoms with Crippen LogP contribution in [0.4, 0.5) is 5.69 Å². The minimum Gasteiger partial charge on any atom is -0.398 e. The molecule has 3 rings (SSSR count). The second kappa shape index (κ2) is 12.3. The van der Waals surface area contributed by atoms with E-state index in [2.05, 4.69) is 10.6 Å². The van der Waals surface area contributed by atoms with Crippen LogP contribution in [0.2, 0.25) is 0 Å². The lowest BCUT2D eigenvalue weighted by Gasteiger charge is -2.20. The van der Waals surface area contributed by atoms with Gasteiger partial charge in [-0.25, -0.2) is 12.7 Å². The molecule has 2 aromatic carbocycles. The zero-order chi connectivity index (χ0) is 26.3. The topological polar surface area (TPSA) is 122 Å². The molecule has 0 saturated heterocycles. The quantitative estimate of drug-likeness (QED) is 0.243. The van der Waals surface area contributed by atoms with E-state index in [0.717, 1.165) is 10.1 Å². The number of nitrogens with two attached hydrogens (primary N) is 1. The van der Waals surface area contributed by atoms with Crippen LogP contribution in [0.15, 0.2) is 59.5 Å². The number of unbranched alkanes of at least 4 members (excludes halogenated alkanes) is 1. The number of thiophene rings is 1. The number of hydrogen-bond acceptors (Lipinski definition) is 6. The van der Waals surface area contributed by atoms with E-state index >= 15 is 0 Å². The minimum atomic E-state index is -3.68. The maximum atomic E-state index is 12.9. The Balaban J connectivity index is 1.50. The lowest BCUT2D eigenvalue weighted by Crippen LogP contribution is -2.47. The number of carbonyl (C=O) groups excluding carboxylic acids is 2. The molecule has 0 spiro atoms. The lowest BCUT2D eigenvalue weighted by atomic mass is 10.0. The van der Waals surface area contributed by atoms with Gasteiger partial charge in [-0.3, -0.25) is 9.59 Å². The molecule has 0 aliphatic heterocycles. The zero-order valence-electron chi connectivity index (χ0n) is 20.9. The van der Waals surface area contributed by atoms with Gasteiger partial charge in [-0.15, -0.1) is 11.3 Å². The van der Waals surface area contributed by atoms with Crippen molar-refractivity contribution in [1.29, 1.82) is 0 Å². The molecule has 3 aromatic rings. The number of benzene rings is 2. The van der Waals surface area contributed by atoms with Crippen molar-refractivity contribution in [2.24, 2.45) is 5.92 Å². The van der Waals surface area contributed by atoms with Crippen molar-refractivity contribution in [2.45, 2.75) is 44.0 Å². The number of nitrogen functional groups attached to an aromatic ring is 1. The molecule has 1 aromatic heterocycles. The Morgan fingerprint density at radius 3 is 2.44 bits per heavy atom. The summed E-state index contributed by atoms with van der Waals surface area (Å²) in [6.45, 7) is 4.68. The van der Waals surface area contributed by atoms with Gasteiger partial charge < -0.3 is 16.4 Å². The molecule has 0 aliphatic rings. The molecule has 36 heavy (non-hydrogen) atoms. The molecule has 4 N–H and O–H groups in total. The Bertz CT molecular complexity index is 1270. The van der Waals surface area contributed by atoms with Gasteiger partial charge in [-0.1, -0.05) is 44.2 Å². The Hall–Kier alpha value is -2.95. The van der Waals surface area contributed by atoms with E-state index in [0.29, 0.717) is 37.2 Å². The molecular formula is C26H34N4O4S2. The van der Waals surface area contributed by atoms with E-state index in [9.17, 15) is 18.0 Å². The number of rotatable bonds is 12. The first-order chi connectivity index (χ1) is 17.1. The fraction of sp³-hybridized carbons (Fsp3) is 0.385. The number of sulfonamides is 1. The Labute approximate surface area is 216 Å². The van der Waals surface area contributed by atoms with E-state index < -0.39 is 16.1 Å². The number of anilines is 1. The van der Waals surface area contributed by atoms with Gasteiger partial charge in [0.15, 0.2) is 0 Å². The SMILES string of the molecule is CC(C)C[C@H](NC(=O)c1cc2ccccc2s1)C(=O)NCCCCN(C)S(=O)(=O)c1ccccc1N. The normalized spacial score (nSPS) is 12.7. The van der Waals surface area contributed by atoms with Gasteiger partial charge in [-0.2, -0.15) is 0 Å². The average Bonchev–Trinajstić information content (AvgIpc) is 3.27. The first kappa shape index (κ1) is 27.6. The maximum Gasteiger partial charge on any atom is 0.262 e. The van der Waals surface area contributed by atoms with Crippen LogP contribution in [0.5, 0.6) is 0 Å². The third-order valence-corrected chi connectivity index (χ3v) is 8.83. The predicted molar refractivity (Wildman–Crippen MR) is 145 cm³/mol. The monoisotopic (exact) mass is 530 g/mol. The fourth-order valence-electron chi connectivity index (χ4n) is 3.82. The average molecular weight is 531 g/mol. The highest BCUT2D eigenvalue weighted by Crippen LogP contribution is 2.25. The van der Waals surface area contributed by atoms with Crippen LogP contribution < -0.4 is 16.4 Å². The van der Waals surface area contributed by atoms with Gasteiger partial charge in [0.1, 0.15) is 10.9 Å². The van der Waals surface area contributed by atoms with Crippen molar-refractivity contribution in [2.75, 3.05) is 25.9 Å². The molecule has 8 nitrogen and oxygen atoms in total. The number of carbonyl (C=O) groups is 2. The molecule has 0 bridgehead atoms. The van der Waals surface area contributed by atoms with Crippen LogP contribution in [-0.4, -0.2) is 50.7 Å². The van der Waals surface area contributed by atoms with E-state index in [1.807, 2.05) is 44.2 Å². The lowest BCUT2D eigenvalue weighted by molar-refractivity contribution is -0.123. The van der Waals surface area contributed by atoms with Gasteiger partial charge in [-0.05, 0) is 54.8 Å². The minimum absolute atomic E-state index is 0.0895. The van der Waals surface area contributed by atoms with Crippen LogP contribution in [0.25, 0.3) is 10.1 Å². The molecule has 2 amide bonds. The summed E-state index contributed by atoms with van der Waals surface area (Å²) in [5.74, 6) is -0.284. The van der Waals surface area contributed by atoms with E-state index in [1.165, 1.54) is 28.8 Å². The highest BCUT2D eigenvalue weighted by molar-refractivity contribution is 7.89. The summed E-state index contributed by atoms with van der Waals surface area (Å²) in [7, 11) is -2.16. The molecule has 0 radical (unpaired) electrons. The number of hydrogen-bond donors (Lipinski definition) is 3. The summed E-state index contributed by atoms with van der Waals surface area (Å²) in [5, 5.41) is 6.77. The molecule has 1 heterocycles. The van der Waals surface area contributed by atoms with Crippen LogP contribution in [0.1, 0.15) is 42.8 Å².